The van der Waals surface area contributed by atoms with Gasteiger partial charge in [0.1, 0.15) is 0 Å². The molecular formula is C20H29N3O6. The molecular weight excluding hydrogens is 378 g/mol. The molecule has 9 heteroatoms. The molecule has 0 aromatic heterocycles. The highest BCUT2D eigenvalue weighted by Gasteiger charge is 2.31. The van der Waals surface area contributed by atoms with Gasteiger partial charge in [-0.1, -0.05) is 18.2 Å². The molecule has 2 rings (SSSR count). The molecule has 0 unspecified atom stereocenters. The van der Waals surface area contributed by atoms with Gasteiger partial charge >= 0.3 is 5.97 Å². The number of carbonyl (C=O) groups is 4. The second-order valence-corrected chi connectivity index (χ2v) is 7.10. The third-order valence-electron chi connectivity index (χ3n) is 4.59. The fraction of sp³-hybridized carbons (Fsp3) is 0.500. The van der Waals surface area contributed by atoms with Crippen LogP contribution in [0.2, 0.25) is 0 Å². The minimum atomic E-state index is -0.884. The van der Waals surface area contributed by atoms with E-state index in [4.69, 9.17) is 9.90 Å². The van der Waals surface area contributed by atoms with Crippen LogP contribution in [0.5, 0.6) is 0 Å². The summed E-state index contributed by atoms with van der Waals surface area (Å²) in [5, 5.41) is 19.4. The Morgan fingerprint density at radius 1 is 1.07 bits per heavy atom. The van der Waals surface area contributed by atoms with E-state index in [-0.39, 0.29) is 30.9 Å². The Balaban J connectivity index is 0.000000960. The number of carboxylic acid groups (broad SMARTS) is 2. The standard InChI is InChI=1S/C18H25N3O4.C2H4O2/c1-20(2)15-9-8-14(18(24)25)11-21(12-15)16(22)10-19-17(23)13-6-4-3-5-7-13;1-2(3)4/h3-7,14-15H,8-12H2,1-2H3,(H,19,23)(H,24,25);1H3,(H,3,4)/t14-,15+;/m0./s1. The lowest BCUT2D eigenvalue weighted by atomic mass is 10.0. The summed E-state index contributed by atoms with van der Waals surface area (Å²) in [5.41, 5.74) is 0.487. The number of carbonyl (C=O) groups excluding carboxylic acids is 2. The average molecular weight is 407 g/mol. The molecule has 3 N–H and O–H groups in total. The molecule has 1 aliphatic rings. The Labute approximate surface area is 170 Å². The van der Waals surface area contributed by atoms with Gasteiger partial charge in [0, 0.05) is 31.6 Å². The quantitative estimate of drug-likeness (QED) is 0.657. The highest BCUT2D eigenvalue weighted by molar-refractivity contribution is 5.96. The number of carboxylic acids is 2. The Morgan fingerprint density at radius 2 is 1.66 bits per heavy atom. The van der Waals surface area contributed by atoms with Gasteiger partial charge < -0.3 is 25.3 Å². The molecule has 29 heavy (non-hydrogen) atoms. The molecule has 9 nitrogen and oxygen atoms in total. The zero-order chi connectivity index (χ0) is 22.0. The molecule has 0 aliphatic carbocycles. The Morgan fingerprint density at radius 3 is 2.17 bits per heavy atom. The molecule has 2 amide bonds. The minimum absolute atomic E-state index is 0.109. The number of hydrogen-bond donors (Lipinski definition) is 3. The van der Waals surface area contributed by atoms with Gasteiger partial charge in [0.25, 0.3) is 11.9 Å². The highest BCUT2D eigenvalue weighted by Crippen LogP contribution is 2.19. The maximum absolute atomic E-state index is 12.5. The lowest BCUT2D eigenvalue weighted by molar-refractivity contribution is -0.143. The van der Waals surface area contributed by atoms with Crippen molar-refractivity contribution in [1.29, 1.82) is 0 Å². The van der Waals surface area contributed by atoms with E-state index in [1.54, 1.807) is 29.2 Å². The van der Waals surface area contributed by atoms with Crippen molar-refractivity contribution in [3.8, 4) is 0 Å². The first-order valence-corrected chi connectivity index (χ1v) is 9.31. The van der Waals surface area contributed by atoms with Crippen LogP contribution in [0.4, 0.5) is 0 Å². The smallest absolute Gasteiger partial charge is 0.308 e. The van der Waals surface area contributed by atoms with E-state index in [0.29, 0.717) is 18.5 Å². The van der Waals surface area contributed by atoms with Crippen LogP contribution in [0.1, 0.15) is 30.1 Å². The zero-order valence-electron chi connectivity index (χ0n) is 17.0. The molecule has 1 heterocycles. The lowest BCUT2D eigenvalue weighted by Gasteiger charge is -2.29. The molecule has 0 spiro atoms. The van der Waals surface area contributed by atoms with Crippen LogP contribution in [0.3, 0.4) is 0 Å². The predicted octanol–water partition coefficient (Wildman–Crippen LogP) is 0.761. The summed E-state index contributed by atoms with van der Waals surface area (Å²) < 4.78 is 0. The first-order valence-electron chi connectivity index (χ1n) is 9.31. The van der Waals surface area contributed by atoms with E-state index >= 15 is 0 Å². The van der Waals surface area contributed by atoms with Crippen molar-refractivity contribution in [2.45, 2.75) is 25.8 Å². The van der Waals surface area contributed by atoms with E-state index in [0.717, 1.165) is 13.3 Å². The number of likely N-dealkylation sites (tertiary alicyclic amines) is 1. The van der Waals surface area contributed by atoms with Gasteiger partial charge in [0.05, 0.1) is 12.5 Å². The number of benzene rings is 1. The third kappa shape index (κ3) is 8.73. The molecule has 1 aromatic rings. The van der Waals surface area contributed by atoms with E-state index in [2.05, 4.69) is 5.32 Å². The lowest BCUT2D eigenvalue weighted by Crippen LogP contribution is -2.46. The first kappa shape index (κ1) is 24.1. The number of nitrogens with one attached hydrogen (secondary N) is 1. The van der Waals surface area contributed by atoms with E-state index in [9.17, 15) is 19.5 Å². The fourth-order valence-corrected chi connectivity index (χ4v) is 2.96. The molecule has 1 saturated heterocycles. The van der Waals surface area contributed by atoms with Crippen LogP contribution in [-0.2, 0) is 14.4 Å². The first-order chi connectivity index (χ1) is 13.6. The second-order valence-electron chi connectivity index (χ2n) is 7.10. The molecule has 1 fully saturated rings. The van der Waals surface area contributed by atoms with Gasteiger partial charge in [0.2, 0.25) is 5.91 Å². The van der Waals surface area contributed by atoms with Crippen LogP contribution in [0.15, 0.2) is 30.3 Å². The molecule has 160 valence electrons. The van der Waals surface area contributed by atoms with E-state index in [1.165, 1.54) is 0 Å². The van der Waals surface area contributed by atoms with Gasteiger partial charge in [-0.15, -0.1) is 0 Å². The summed E-state index contributed by atoms with van der Waals surface area (Å²) in [4.78, 5) is 48.5. The molecule has 1 aliphatic heterocycles. The number of aliphatic carboxylic acids is 2. The summed E-state index contributed by atoms with van der Waals surface area (Å²) >= 11 is 0. The number of likely N-dealkylation sites (N-methyl/N-ethyl adjacent to an activating group) is 1. The third-order valence-corrected chi connectivity index (χ3v) is 4.59. The Hall–Kier alpha value is -2.94. The SMILES string of the molecule is CC(=O)O.CN(C)[C@@H]1CC[C@H](C(=O)O)CN(C(=O)CNC(=O)c2ccccc2)C1. The number of nitrogens with zero attached hydrogens (tertiary/aromatic N) is 2. The maximum Gasteiger partial charge on any atom is 0.308 e. The normalized spacial score (nSPS) is 18.8. The van der Waals surface area contributed by atoms with Crippen LogP contribution < -0.4 is 5.32 Å². The van der Waals surface area contributed by atoms with Crippen molar-refractivity contribution in [1.82, 2.24) is 15.1 Å². The summed E-state index contributed by atoms with van der Waals surface area (Å²) in [7, 11) is 3.84. The largest absolute Gasteiger partial charge is 0.481 e. The van der Waals surface area contributed by atoms with E-state index in [1.807, 2.05) is 25.1 Å². The van der Waals surface area contributed by atoms with Gasteiger partial charge in [-0.3, -0.25) is 19.2 Å². The monoisotopic (exact) mass is 407 g/mol. The summed E-state index contributed by atoms with van der Waals surface area (Å²) in [6.45, 7) is 1.59. The van der Waals surface area contributed by atoms with Gasteiger partial charge in [0.15, 0.2) is 0 Å². The molecule has 1 aromatic carbocycles. The summed E-state index contributed by atoms with van der Waals surface area (Å²) in [6.07, 6.45) is 1.27. The van der Waals surface area contributed by atoms with Crippen LogP contribution in [-0.4, -0.2) is 83.5 Å². The highest BCUT2D eigenvalue weighted by atomic mass is 16.4. The van der Waals surface area contributed by atoms with Gasteiger partial charge in [-0.25, -0.2) is 0 Å². The predicted molar refractivity (Wildman–Crippen MR) is 106 cm³/mol. The number of amides is 2. The molecule has 2 atom stereocenters. The zero-order valence-corrected chi connectivity index (χ0v) is 17.0. The molecule has 0 radical (unpaired) electrons. The summed E-state index contributed by atoms with van der Waals surface area (Å²) in [6, 6.07) is 8.78. The molecule has 0 bridgehead atoms. The van der Waals surface area contributed by atoms with Crippen molar-refractivity contribution in [3.63, 3.8) is 0 Å². The van der Waals surface area contributed by atoms with Crippen LogP contribution in [0.25, 0.3) is 0 Å². The Bertz CT molecular complexity index is 703. The van der Waals surface area contributed by atoms with E-state index < -0.39 is 17.9 Å². The van der Waals surface area contributed by atoms with Crippen molar-refractivity contribution < 1.29 is 29.4 Å². The number of rotatable bonds is 5. The van der Waals surface area contributed by atoms with Crippen molar-refractivity contribution >= 4 is 23.8 Å². The topological polar surface area (TPSA) is 127 Å². The Kier molecular flexibility index (Phi) is 9.81. The second kappa shape index (κ2) is 11.8. The fourth-order valence-electron chi connectivity index (χ4n) is 2.96. The minimum Gasteiger partial charge on any atom is -0.481 e. The van der Waals surface area contributed by atoms with Gasteiger partial charge in [-0.05, 0) is 39.1 Å². The summed E-state index contributed by atoms with van der Waals surface area (Å²) in [5.74, 6) is -2.86. The molecule has 0 saturated carbocycles. The van der Waals surface area contributed by atoms with Crippen molar-refractivity contribution in [2.24, 2.45) is 5.92 Å². The maximum atomic E-state index is 12.5. The average Bonchev–Trinajstić information content (AvgIpc) is 2.90. The van der Waals surface area contributed by atoms with Crippen LogP contribution in [0, 0.1) is 5.92 Å². The number of hydrogen-bond acceptors (Lipinski definition) is 5. The van der Waals surface area contributed by atoms with Crippen molar-refractivity contribution in [2.75, 3.05) is 33.7 Å². The van der Waals surface area contributed by atoms with Crippen LogP contribution >= 0.6 is 0 Å². The van der Waals surface area contributed by atoms with Gasteiger partial charge in [-0.2, -0.15) is 0 Å². The van der Waals surface area contributed by atoms with Crippen molar-refractivity contribution in [3.05, 3.63) is 35.9 Å².